The van der Waals surface area contributed by atoms with E-state index in [9.17, 15) is 0 Å². The van der Waals surface area contributed by atoms with Gasteiger partial charge in [0.25, 0.3) is 0 Å². The van der Waals surface area contributed by atoms with Crippen molar-refractivity contribution in [1.29, 1.82) is 0 Å². The Labute approximate surface area is 261 Å². The second kappa shape index (κ2) is 9.39. The molecule has 10 rings (SSSR count). The van der Waals surface area contributed by atoms with Crippen molar-refractivity contribution in [3.63, 3.8) is 0 Å². The zero-order valence-corrected chi connectivity index (χ0v) is 24.7. The van der Waals surface area contributed by atoms with Gasteiger partial charge >= 0.3 is 0 Å². The molecule has 0 heterocycles. The molecule has 0 aromatic heterocycles. The number of fused-ring (bicyclic) bond motifs is 6. The molecule has 1 aliphatic carbocycles. The quantitative estimate of drug-likeness (QED) is 0.182. The van der Waals surface area contributed by atoms with E-state index >= 15 is 0 Å². The largest absolute Gasteiger partial charge is 0.0619 e. The van der Waals surface area contributed by atoms with Crippen molar-refractivity contribution >= 4 is 53.9 Å². The van der Waals surface area contributed by atoms with Crippen LogP contribution in [-0.2, 0) is 6.42 Å². The summed E-state index contributed by atoms with van der Waals surface area (Å²) in [5.74, 6) is 0. The predicted molar refractivity (Wildman–Crippen MR) is 193 cm³/mol. The average Bonchev–Trinajstić information content (AvgIpc) is 3.10. The van der Waals surface area contributed by atoms with Gasteiger partial charge < -0.3 is 0 Å². The Morgan fingerprint density at radius 3 is 1.44 bits per heavy atom. The third-order valence-electron chi connectivity index (χ3n) is 10.0. The Kier molecular flexibility index (Phi) is 5.15. The van der Waals surface area contributed by atoms with E-state index in [2.05, 4.69) is 158 Å². The van der Waals surface area contributed by atoms with Crippen molar-refractivity contribution < 1.29 is 0 Å². The van der Waals surface area contributed by atoms with Crippen LogP contribution in [0.4, 0.5) is 0 Å². The maximum Gasteiger partial charge on any atom is -0.00132 e. The van der Waals surface area contributed by atoms with Crippen LogP contribution in [0.5, 0.6) is 0 Å². The van der Waals surface area contributed by atoms with Gasteiger partial charge in [0, 0.05) is 0 Å². The molecule has 0 amide bonds. The molecule has 0 spiro atoms. The highest BCUT2D eigenvalue weighted by atomic mass is 14.3. The Balaban J connectivity index is 1.38. The molecule has 0 bridgehead atoms. The summed E-state index contributed by atoms with van der Waals surface area (Å²) in [7, 11) is 0. The van der Waals surface area contributed by atoms with E-state index in [1.807, 2.05) is 0 Å². The summed E-state index contributed by atoms with van der Waals surface area (Å²) in [4.78, 5) is 0. The number of hydrogen-bond acceptors (Lipinski definition) is 0. The molecule has 0 unspecified atom stereocenters. The predicted octanol–water partition coefficient (Wildman–Crippen LogP) is 12.4. The van der Waals surface area contributed by atoms with Gasteiger partial charge in [-0.05, 0) is 111 Å². The lowest BCUT2D eigenvalue weighted by Crippen LogP contribution is -2.02. The van der Waals surface area contributed by atoms with Gasteiger partial charge in [0.15, 0.2) is 0 Å². The van der Waals surface area contributed by atoms with E-state index in [1.54, 1.807) is 0 Å². The van der Waals surface area contributed by atoms with E-state index in [0.717, 1.165) is 6.42 Å². The highest BCUT2D eigenvalue weighted by molar-refractivity contribution is 6.28. The van der Waals surface area contributed by atoms with Crippen molar-refractivity contribution in [2.45, 2.75) is 6.42 Å². The number of hydrogen-bond donors (Lipinski definition) is 0. The second-order valence-corrected chi connectivity index (χ2v) is 12.4. The van der Waals surface area contributed by atoms with Crippen molar-refractivity contribution in [2.75, 3.05) is 0 Å². The fourth-order valence-electron chi connectivity index (χ4n) is 8.18. The van der Waals surface area contributed by atoms with Crippen LogP contribution in [0.15, 0.2) is 158 Å². The second-order valence-electron chi connectivity index (χ2n) is 12.4. The van der Waals surface area contributed by atoms with E-state index in [0.29, 0.717) is 0 Å². The highest BCUT2D eigenvalue weighted by Crippen LogP contribution is 2.50. The van der Waals surface area contributed by atoms with Gasteiger partial charge in [0.1, 0.15) is 0 Å². The molecule has 0 saturated heterocycles. The van der Waals surface area contributed by atoms with Crippen molar-refractivity contribution in [3.05, 3.63) is 169 Å². The molecule has 0 saturated carbocycles. The molecule has 0 aliphatic heterocycles. The van der Waals surface area contributed by atoms with Crippen LogP contribution in [0.3, 0.4) is 0 Å². The van der Waals surface area contributed by atoms with Gasteiger partial charge in [0.2, 0.25) is 0 Å². The van der Waals surface area contributed by atoms with E-state index in [4.69, 9.17) is 0 Å². The average molecular weight is 569 g/mol. The van der Waals surface area contributed by atoms with Crippen LogP contribution in [0.25, 0.3) is 87.2 Å². The third-order valence-corrected chi connectivity index (χ3v) is 10.0. The maximum atomic E-state index is 2.39. The molecule has 9 aromatic rings. The first-order valence-corrected chi connectivity index (χ1v) is 15.8. The SMILES string of the molecule is c1ccc2c(c1)Cc1ccc(-c3c4ccccc4c(-c4c5ccccc5cc5ccccc45)c4ccccc34)c3cccc-2c13. The molecule has 208 valence electrons. The maximum absolute atomic E-state index is 2.39. The molecule has 0 N–H and O–H groups in total. The minimum atomic E-state index is 0.971. The molecule has 0 heteroatoms. The first-order valence-electron chi connectivity index (χ1n) is 15.8. The van der Waals surface area contributed by atoms with Gasteiger partial charge in [0.05, 0.1) is 0 Å². The fourth-order valence-corrected chi connectivity index (χ4v) is 8.18. The lowest BCUT2D eigenvalue weighted by molar-refractivity contribution is 1.20. The molecule has 1 aliphatic rings. The summed E-state index contributed by atoms with van der Waals surface area (Å²) in [6.45, 7) is 0. The molecule has 0 radical (unpaired) electrons. The Hall–Kier alpha value is -5.72. The van der Waals surface area contributed by atoms with Gasteiger partial charge in [-0.1, -0.05) is 152 Å². The van der Waals surface area contributed by atoms with Crippen LogP contribution in [0, 0.1) is 0 Å². The third kappa shape index (κ3) is 3.48. The standard InChI is InChI=1S/C45H28/c1-4-15-32-28(12-1)27-31-24-25-41(36-23-11-22-35(32)42(31)36)43-37-18-7-9-20-39(37)45(40-21-10-8-19-38(40)43)44-33-16-5-2-13-29(33)26-30-14-3-6-17-34(30)44/h1-26H,27H2. The van der Waals surface area contributed by atoms with Crippen LogP contribution >= 0.6 is 0 Å². The van der Waals surface area contributed by atoms with Crippen LogP contribution in [0.1, 0.15) is 11.1 Å². The normalized spacial score (nSPS) is 12.4. The van der Waals surface area contributed by atoms with E-state index < -0.39 is 0 Å². The summed E-state index contributed by atoms with van der Waals surface area (Å²) in [6.07, 6.45) is 0.971. The summed E-state index contributed by atoms with van der Waals surface area (Å²) < 4.78 is 0. The van der Waals surface area contributed by atoms with E-state index in [1.165, 1.54) is 98.4 Å². The molecule has 0 nitrogen and oxygen atoms in total. The van der Waals surface area contributed by atoms with E-state index in [-0.39, 0.29) is 0 Å². The highest BCUT2D eigenvalue weighted by Gasteiger charge is 2.23. The van der Waals surface area contributed by atoms with Crippen molar-refractivity contribution in [1.82, 2.24) is 0 Å². The molecular formula is C45H28. The summed E-state index contributed by atoms with van der Waals surface area (Å²) in [5.41, 5.74) is 10.8. The summed E-state index contributed by atoms with van der Waals surface area (Å²) in [6, 6.07) is 58.7. The molecule has 0 fully saturated rings. The smallest absolute Gasteiger partial charge is 0.00132 e. The number of rotatable bonds is 2. The van der Waals surface area contributed by atoms with Gasteiger partial charge in [-0.15, -0.1) is 0 Å². The van der Waals surface area contributed by atoms with Crippen LogP contribution in [0.2, 0.25) is 0 Å². The lowest BCUT2D eigenvalue weighted by Gasteiger charge is -2.24. The van der Waals surface area contributed by atoms with Gasteiger partial charge in [-0.3, -0.25) is 0 Å². The first-order chi connectivity index (χ1) is 22.3. The number of benzene rings is 9. The zero-order valence-electron chi connectivity index (χ0n) is 24.7. The van der Waals surface area contributed by atoms with Crippen LogP contribution < -0.4 is 0 Å². The Morgan fingerprint density at radius 1 is 0.289 bits per heavy atom. The molecule has 0 atom stereocenters. The topological polar surface area (TPSA) is 0 Å². The van der Waals surface area contributed by atoms with Crippen molar-refractivity contribution in [3.8, 4) is 33.4 Å². The Bertz CT molecular complexity index is 2560. The Morgan fingerprint density at radius 2 is 0.778 bits per heavy atom. The minimum absolute atomic E-state index is 0.971. The lowest BCUT2D eigenvalue weighted by atomic mass is 9.79. The molecule has 45 heavy (non-hydrogen) atoms. The fraction of sp³-hybridized carbons (Fsp3) is 0.0222. The van der Waals surface area contributed by atoms with Crippen LogP contribution in [-0.4, -0.2) is 0 Å². The minimum Gasteiger partial charge on any atom is -0.0619 e. The van der Waals surface area contributed by atoms with Crippen molar-refractivity contribution in [2.24, 2.45) is 0 Å². The monoisotopic (exact) mass is 568 g/mol. The van der Waals surface area contributed by atoms with Gasteiger partial charge in [-0.2, -0.15) is 0 Å². The molecule has 9 aromatic carbocycles. The van der Waals surface area contributed by atoms with Gasteiger partial charge in [-0.25, -0.2) is 0 Å². The first kappa shape index (κ1) is 24.7. The zero-order chi connectivity index (χ0) is 29.5. The summed E-state index contributed by atoms with van der Waals surface area (Å²) in [5, 5.41) is 13.0. The summed E-state index contributed by atoms with van der Waals surface area (Å²) >= 11 is 0. The molecular weight excluding hydrogens is 540 g/mol.